The second-order valence-corrected chi connectivity index (χ2v) is 15.8. The molecule has 0 spiro atoms. The third-order valence-electron chi connectivity index (χ3n) is 13.9. The van der Waals surface area contributed by atoms with Gasteiger partial charge in [0.25, 0.3) is 0 Å². The van der Waals surface area contributed by atoms with Crippen molar-refractivity contribution in [2.45, 2.75) is 132 Å². The highest BCUT2D eigenvalue weighted by atomic mass is 16.5. The molecule has 0 aromatic carbocycles. The SMILES string of the molecule is CC(=O)O[C@H]1CC[C@H]2[C@](C)(CC[C@H]3[C@@]2(C)CC[C@@]2(C=O)[C@@H]4CC(C)(C)CC[C@]4(C)CC[C@]32C)[C@H]1C. The predicted molar refractivity (Wildman–Crippen MR) is 141 cm³/mol. The number of rotatable bonds is 2. The van der Waals surface area contributed by atoms with Crippen LogP contribution in [-0.2, 0) is 14.3 Å². The highest BCUT2D eigenvalue weighted by Gasteiger charge is 2.72. The fourth-order valence-electron chi connectivity index (χ4n) is 11.6. The molecule has 0 N–H and O–H groups in total. The highest BCUT2D eigenvalue weighted by Crippen LogP contribution is 2.78. The standard InChI is InChI=1S/C32H52O3/c1-21-23(35-22(2)34)9-10-24-29(21,6)12-11-25-30(24,7)16-18-32(20-33)26-19-27(3,4)13-14-28(26,5)15-17-31(25,32)8/h20-21,23-26H,9-19H2,1-8H3/t21-,23-,24-,25-,26+,28+,29+,30-,31+,32+/m0/s1. The second-order valence-electron chi connectivity index (χ2n) is 15.8. The number of fused-ring (bicyclic) bond motifs is 7. The van der Waals surface area contributed by atoms with E-state index in [-0.39, 0.29) is 33.7 Å². The molecule has 0 aliphatic heterocycles. The summed E-state index contributed by atoms with van der Waals surface area (Å²) in [6.07, 6.45) is 14.7. The van der Waals surface area contributed by atoms with Crippen molar-refractivity contribution in [3.8, 4) is 0 Å². The maximum absolute atomic E-state index is 13.4. The van der Waals surface area contributed by atoms with Crippen molar-refractivity contribution in [3.05, 3.63) is 0 Å². The molecule has 35 heavy (non-hydrogen) atoms. The number of hydrogen-bond donors (Lipinski definition) is 0. The fraction of sp³-hybridized carbons (Fsp3) is 0.938. The predicted octanol–water partition coefficient (Wildman–Crippen LogP) is 8.00. The van der Waals surface area contributed by atoms with Crippen molar-refractivity contribution in [2.75, 3.05) is 0 Å². The van der Waals surface area contributed by atoms with Crippen LogP contribution in [0.5, 0.6) is 0 Å². The summed E-state index contributed by atoms with van der Waals surface area (Å²) in [5, 5.41) is 0. The van der Waals surface area contributed by atoms with E-state index in [9.17, 15) is 9.59 Å². The van der Waals surface area contributed by atoms with E-state index in [1.165, 1.54) is 57.7 Å². The van der Waals surface area contributed by atoms with Crippen LogP contribution in [0.2, 0.25) is 0 Å². The Morgan fingerprint density at radius 3 is 2.11 bits per heavy atom. The Morgan fingerprint density at radius 1 is 0.771 bits per heavy atom. The Bertz CT molecular complexity index is 893. The molecule has 3 heteroatoms. The molecule has 0 bridgehead atoms. The van der Waals surface area contributed by atoms with Crippen molar-refractivity contribution in [2.24, 2.45) is 56.2 Å². The molecule has 0 aromatic rings. The van der Waals surface area contributed by atoms with Gasteiger partial charge in [-0.15, -0.1) is 0 Å². The molecular formula is C32H52O3. The van der Waals surface area contributed by atoms with Crippen molar-refractivity contribution in [1.82, 2.24) is 0 Å². The minimum atomic E-state index is -0.170. The number of carbonyl (C=O) groups excluding carboxylic acids is 2. The van der Waals surface area contributed by atoms with E-state index in [4.69, 9.17) is 4.74 Å². The van der Waals surface area contributed by atoms with Crippen LogP contribution in [0.4, 0.5) is 0 Å². The van der Waals surface area contributed by atoms with Crippen LogP contribution >= 0.6 is 0 Å². The zero-order valence-electron chi connectivity index (χ0n) is 24.0. The lowest BCUT2D eigenvalue weighted by molar-refractivity contribution is -0.256. The summed E-state index contributed by atoms with van der Waals surface area (Å²) >= 11 is 0. The third kappa shape index (κ3) is 3.34. The van der Waals surface area contributed by atoms with Crippen molar-refractivity contribution < 1.29 is 14.3 Å². The first-order valence-corrected chi connectivity index (χ1v) is 14.8. The lowest BCUT2D eigenvalue weighted by Crippen LogP contribution is -2.69. The van der Waals surface area contributed by atoms with E-state index in [2.05, 4.69) is 48.5 Å². The lowest BCUT2D eigenvalue weighted by Gasteiger charge is -2.74. The number of hydrogen-bond acceptors (Lipinski definition) is 3. The van der Waals surface area contributed by atoms with Gasteiger partial charge < -0.3 is 9.53 Å². The Kier molecular flexibility index (Phi) is 5.76. The molecule has 5 aliphatic carbocycles. The molecule has 5 rings (SSSR count). The van der Waals surface area contributed by atoms with Gasteiger partial charge in [0.15, 0.2) is 0 Å². The Labute approximate surface area is 214 Å². The monoisotopic (exact) mass is 484 g/mol. The topological polar surface area (TPSA) is 43.4 Å². The van der Waals surface area contributed by atoms with Gasteiger partial charge in [0.1, 0.15) is 12.4 Å². The summed E-state index contributed by atoms with van der Waals surface area (Å²) in [4.78, 5) is 25.2. The van der Waals surface area contributed by atoms with Gasteiger partial charge in [0, 0.05) is 12.3 Å². The van der Waals surface area contributed by atoms with E-state index >= 15 is 0 Å². The van der Waals surface area contributed by atoms with Crippen LogP contribution in [0.3, 0.4) is 0 Å². The molecule has 5 saturated carbocycles. The Morgan fingerprint density at radius 2 is 1.46 bits per heavy atom. The van der Waals surface area contributed by atoms with Crippen LogP contribution in [0.15, 0.2) is 0 Å². The molecule has 0 unspecified atom stereocenters. The molecule has 0 heterocycles. The number of ether oxygens (including phenoxy) is 1. The Balaban J connectivity index is 1.52. The quantitative estimate of drug-likeness (QED) is 0.294. The maximum Gasteiger partial charge on any atom is 0.302 e. The minimum absolute atomic E-state index is 0.0574. The Hall–Kier alpha value is -0.860. The summed E-state index contributed by atoms with van der Waals surface area (Å²) in [7, 11) is 0. The van der Waals surface area contributed by atoms with Crippen LogP contribution in [0, 0.1) is 56.2 Å². The first kappa shape index (κ1) is 25.8. The molecule has 3 nitrogen and oxygen atoms in total. The van der Waals surface area contributed by atoms with Gasteiger partial charge in [-0.2, -0.15) is 0 Å². The number of aldehydes is 1. The molecule has 5 fully saturated rings. The molecule has 0 saturated heterocycles. The highest BCUT2D eigenvalue weighted by molar-refractivity contribution is 5.66. The van der Waals surface area contributed by atoms with Crippen LogP contribution in [0.25, 0.3) is 0 Å². The largest absolute Gasteiger partial charge is 0.462 e. The summed E-state index contributed by atoms with van der Waals surface area (Å²) in [5.41, 5.74) is 1.06. The summed E-state index contributed by atoms with van der Waals surface area (Å²) < 4.78 is 5.83. The van der Waals surface area contributed by atoms with Crippen molar-refractivity contribution in [3.63, 3.8) is 0 Å². The van der Waals surface area contributed by atoms with E-state index in [0.717, 1.165) is 19.3 Å². The average molecular weight is 485 g/mol. The smallest absolute Gasteiger partial charge is 0.302 e. The molecule has 198 valence electrons. The molecule has 5 aliphatic rings. The lowest BCUT2D eigenvalue weighted by atomic mass is 9.30. The zero-order valence-corrected chi connectivity index (χ0v) is 24.0. The molecule has 0 aromatic heterocycles. The van der Waals surface area contributed by atoms with E-state index in [0.29, 0.717) is 34.5 Å². The fourth-order valence-corrected chi connectivity index (χ4v) is 11.6. The second kappa shape index (κ2) is 7.83. The molecular weight excluding hydrogens is 432 g/mol. The van der Waals surface area contributed by atoms with E-state index in [1.807, 2.05) is 0 Å². The molecule has 0 amide bonds. The van der Waals surface area contributed by atoms with Gasteiger partial charge in [-0.05, 0) is 121 Å². The van der Waals surface area contributed by atoms with Gasteiger partial charge in [-0.1, -0.05) is 48.5 Å². The first-order valence-electron chi connectivity index (χ1n) is 14.8. The normalized spacial score (nSPS) is 54.9. The summed E-state index contributed by atoms with van der Waals surface area (Å²) in [6, 6.07) is 0. The molecule has 10 atom stereocenters. The van der Waals surface area contributed by atoms with Crippen molar-refractivity contribution >= 4 is 12.3 Å². The van der Waals surface area contributed by atoms with Crippen LogP contribution < -0.4 is 0 Å². The maximum atomic E-state index is 13.4. The van der Waals surface area contributed by atoms with Crippen LogP contribution in [-0.4, -0.2) is 18.4 Å². The van der Waals surface area contributed by atoms with Gasteiger partial charge in [0.05, 0.1) is 0 Å². The van der Waals surface area contributed by atoms with Crippen molar-refractivity contribution in [1.29, 1.82) is 0 Å². The summed E-state index contributed by atoms with van der Waals surface area (Å²) in [6.45, 7) is 19.0. The number of carbonyl (C=O) groups is 2. The summed E-state index contributed by atoms with van der Waals surface area (Å²) in [5.74, 6) is 2.03. The van der Waals surface area contributed by atoms with Gasteiger partial charge in [0.2, 0.25) is 0 Å². The zero-order chi connectivity index (χ0) is 25.7. The van der Waals surface area contributed by atoms with E-state index < -0.39 is 0 Å². The van der Waals surface area contributed by atoms with Crippen LogP contribution in [0.1, 0.15) is 126 Å². The molecule has 0 radical (unpaired) electrons. The van der Waals surface area contributed by atoms with E-state index in [1.54, 1.807) is 6.92 Å². The average Bonchev–Trinajstić information content (AvgIpc) is 2.77. The van der Waals surface area contributed by atoms with Gasteiger partial charge >= 0.3 is 5.97 Å². The first-order chi connectivity index (χ1) is 16.2. The van der Waals surface area contributed by atoms with Gasteiger partial charge in [-0.3, -0.25) is 4.79 Å². The number of esters is 1. The van der Waals surface area contributed by atoms with Gasteiger partial charge in [-0.25, -0.2) is 0 Å². The third-order valence-corrected chi connectivity index (χ3v) is 13.9. The minimum Gasteiger partial charge on any atom is -0.462 e.